The Kier molecular flexibility index (Phi) is 3.84. The van der Waals surface area contributed by atoms with E-state index in [9.17, 15) is 18.3 Å². The summed E-state index contributed by atoms with van der Waals surface area (Å²) in [6, 6.07) is 4.79. The Morgan fingerprint density at radius 1 is 1.35 bits per heavy atom. The smallest absolute Gasteiger partial charge is 0.507 e. The zero-order valence-electron chi connectivity index (χ0n) is 8.38. The van der Waals surface area contributed by atoms with E-state index >= 15 is 0 Å². The van der Waals surface area contributed by atoms with Crippen LogP contribution in [0, 0.1) is 23.2 Å². The molecule has 0 radical (unpaired) electrons. The third kappa shape index (κ3) is 4.35. The summed E-state index contributed by atoms with van der Waals surface area (Å²) in [4.78, 5) is 0. The summed E-state index contributed by atoms with van der Waals surface area (Å²) in [5.41, 5.74) is 0.134. The molecule has 0 aromatic heterocycles. The molecule has 0 unspecified atom stereocenters. The van der Waals surface area contributed by atoms with Crippen LogP contribution in [0.1, 0.15) is 12.0 Å². The minimum absolute atomic E-state index is 0.0275. The normalized spacial score (nSPS) is 10.0. The fourth-order valence-electron chi connectivity index (χ4n) is 0.993. The second-order valence-corrected chi connectivity index (χ2v) is 2.86. The van der Waals surface area contributed by atoms with Gasteiger partial charge in [-0.15, -0.1) is 13.2 Å². The van der Waals surface area contributed by atoms with Gasteiger partial charge in [0.15, 0.2) is 0 Å². The number of nitriles is 1. The van der Waals surface area contributed by atoms with Crippen LogP contribution in [0.2, 0.25) is 0 Å². The van der Waals surface area contributed by atoms with Crippen molar-refractivity contribution in [1.82, 2.24) is 0 Å². The average molecular weight is 241 g/mol. The van der Waals surface area contributed by atoms with Crippen molar-refractivity contribution in [3.63, 3.8) is 0 Å². The molecule has 0 amide bonds. The van der Waals surface area contributed by atoms with Gasteiger partial charge in [-0.1, -0.05) is 11.8 Å². The van der Waals surface area contributed by atoms with Gasteiger partial charge in [0.2, 0.25) is 0 Å². The SMILES string of the molecule is N#CCC#Cc1ccc(OC(F)(F)F)cc1O. The topological polar surface area (TPSA) is 53.2 Å². The molecule has 1 rings (SSSR count). The highest BCUT2D eigenvalue weighted by atomic mass is 19.4. The molecule has 0 aliphatic carbocycles. The Balaban J connectivity index is 2.89. The van der Waals surface area contributed by atoms with E-state index in [0.29, 0.717) is 0 Å². The Morgan fingerprint density at radius 3 is 2.59 bits per heavy atom. The van der Waals surface area contributed by atoms with E-state index in [4.69, 9.17) is 5.26 Å². The predicted octanol–water partition coefficient (Wildman–Crippen LogP) is 2.56. The molecule has 88 valence electrons. The van der Waals surface area contributed by atoms with E-state index in [1.807, 2.05) is 0 Å². The Labute approximate surface area is 95.1 Å². The first kappa shape index (κ1) is 12.7. The molecule has 17 heavy (non-hydrogen) atoms. The zero-order chi connectivity index (χ0) is 12.9. The largest absolute Gasteiger partial charge is 0.573 e. The van der Waals surface area contributed by atoms with Crippen LogP contribution in [0.3, 0.4) is 0 Å². The summed E-state index contributed by atoms with van der Waals surface area (Å²) in [5.74, 6) is 3.91. The van der Waals surface area contributed by atoms with Crippen LogP contribution >= 0.6 is 0 Å². The maximum atomic E-state index is 11.9. The molecule has 0 aliphatic rings. The Bertz CT molecular complexity index is 506. The summed E-state index contributed by atoms with van der Waals surface area (Å²) in [7, 11) is 0. The minimum Gasteiger partial charge on any atom is -0.507 e. The van der Waals surface area contributed by atoms with Crippen molar-refractivity contribution in [3.8, 4) is 29.4 Å². The van der Waals surface area contributed by atoms with E-state index in [1.165, 1.54) is 6.07 Å². The summed E-state index contributed by atoms with van der Waals surface area (Å²) in [6.07, 6.45) is -4.83. The van der Waals surface area contributed by atoms with Gasteiger partial charge in [-0.2, -0.15) is 5.26 Å². The highest BCUT2D eigenvalue weighted by molar-refractivity contribution is 5.49. The van der Waals surface area contributed by atoms with E-state index in [-0.39, 0.29) is 12.0 Å². The third-order valence-electron chi connectivity index (χ3n) is 1.59. The maximum Gasteiger partial charge on any atom is 0.573 e. The van der Waals surface area contributed by atoms with Gasteiger partial charge in [0.25, 0.3) is 0 Å². The van der Waals surface area contributed by atoms with Gasteiger partial charge in [0.05, 0.1) is 18.1 Å². The molecule has 0 bridgehead atoms. The van der Waals surface area contributed by atoms with Crippen molar-refractivity contribution in [2.75, 3.05) is 0 Å². The average Bonchev–Trinajstić information content (AvgIpc) is 2.19. The van der Waals surface area contributed by atoms with Crippen molar-refractivity contribution in [3.05, 3.63) is 23.8 Å². The van der Waals surface area contributed by atoms with Gasteiger partial charge < -0.3 is 9.84 Å². The van der Waals surface area contributed by atoms with Crippen molar-refractivity contribution >= 4 is 0 Å². The van der Waals surface area contributed by atoms with Gasteiger partial charge in [0, 0.05) is 6.07 Å². The minimum atomic E-state index is -4.81. The number of hydrogen-bond donors (Lipinski definition) is 1. The number of alkyl halides is 3. The van der Waals surface area contributed by atoms with Gasteiger partial charge in [-0.05, 0) is 12.1 Å². The number of ether oxygens (including phenoxy) is 1. The van der Waals surface area contributed by atoms with E-state index in [1.54, 1.807) is 6.07 Å². The number of benzene rings is 1. The van der Waals surface area contributed by atoms with Crippen LogP contribution in [-0.4, -0.2) is 11.5 Å². The highest BCUT2D eigenvalue weighted by Crippen LogP contribution is 2.27. The molecule has 6 heteroatoms. The molecule has 0 spiro atoms. The maximum absolute atomic E-state index is 11.9. The molecular weight excluding hydrogens is 235 g/mol. The molecule has 0 fully saturated rings. The van der Waals surface area contributed by atoms with Crippen LogP contribution in [0.4, 0.5) is 13.2 Å². The first-order valence-corrected chi connectivity index (χ1v) is 4.37. The molecule has 0 saturated carbocycles. The summed E-state index contributed by atoms with van der Waals surface area (Å²) < 4.78 is 39.2. The van der Waals surface area contributed by atoms with Gasteiger partial charge in [-0.3, -0.25) is 0 Å². The second kappa shape index (κ2) is 5.13. The molecule has 0 saturated heterocycles. The lowest BCUT2D eigenvalue weighted by Crippen LogP contribution is -2.17. The molecular formula is C11H6F3NO2. The lowest BCUT2D eigenvalue weighted by Gasteiger charge is -2.09. The van der Waals surface area contributed by atoms with Gasteiger partial charge >= 0.3 is 6.36 Å². The van der Waals surface area contributed by atoms with Gasteiger partial charge in [-0.25, -0.2) is 0 Å². The van der Waals surface area contributed by atoms with Crippen molar-refractivity contribution in [1.29, 1.82) is 5.26 Å². The number of nitrogens with zero attached hydrogens (tertiary/aromatic N) is 1. The first-order chi connectivity index (χ1) is 7.92. The summed E-state index contributed by atoms with van der Waals surface area (Å²) in [6.45, 7) is 0. The Morgan fingerprint density at radius 2 is 2.06 bits per heavy atom. The lowest BCUT2D eigenvalue weighted by atomic mass is 10.2. The quantitative estimate of drug-likeness (QED) is 0.769. The standard InChI is InChI=1S/C11H6F3NO2/c12-11(13,14)17-9-5-4-8(10(16)7-9)3-1-2-6-15/h4-5,7,16H,2H2. The van der Waals surface area contributed by atoms with Gasteiger partial charge in [0.1, 0.15) is 11.5 Å². The van der Waals surface area contributed by atoms with Crippen molar-refractivity contribution < 1.29 is 23.0 Å². The molecule has 1 aromatic rings. The monoisotopic (exact) mass is 241 g/mol. The van der Waals surface area contributed by atoms with Crippen LogP contribution in [0.15, 0.2) is 18.2 Å². The first-order valence-electron chi connectivity index (χ1n) is 4.37. The third-order valence-corrected chi connectivity index (χ3v) is 1.59. The van der Waals surface area contributed by atoms with Crippen molar-refractivity contribution in [2.24, 2.45) is 0 Å². The molecule has 1 N–H and O–H groups in total. The van der Waals surface area contributed by atoms with Crippen molar-refractivity contribution in [2.45, 2.75) is 12.8 Å². The number of aromatic hydroxyl groups is 1. The number of phenolic OH excluding ortho intramolecular Hbond substituents is 1. The molecule has 0 atom stereocenters. The van der Waals surface area contributed by atoms with Crippen LogP contribution in [0.25, 0.3) is 0 Å². The number of halogens is 3. The second-order valence-electron chi connectivity index (χ2n) is 2.86. The zero-order valence-corrected chi connectivity index (χ0v) is 8.38. The van der Waals surface area contributed by atoms with Crippen LogP contribution in [-0.2, 0) is 0 Å². The molecule has 0 aliphatic heterocycles. The molecule has 0 heterocycles. The van der Waals surface area contributed by atoms with Crippen LogP contribution in [0.5, 0.6) is 11.5 Å². The molecule has 1 aromatic carbocycles. The number of phenols is 1. The summed E-state index contributed by atoms with van der Waals surface area (Å²) >= 11 is 0. The number of hydrogen-bond acceptors (Lipinski definition) is 3. The summed E-state index contributed by atoms with van der Waals surface area (Å²) in [5, 5.41) is 17.6. The van der Waals surface area contributed by atoms with E-state index in [2.05, 4.69) is 16.6 Å². The highest BCUT2D eigenvalue weighted by Gasteiger charge is 2.31. The van der Waals surface area contributed by atoms with E-state index < -0.39 is 17.9 Å². The predicted molar refractivity (Wildman–Crippen MR) is 51.9 cm³/mol. The van der Waals surface area contributed by atoms with Crippen LogP contribution < -0.4 is 4.74 Å². The van der Waals surface area contributed by atoms with E-state index in [0.717, 1.165) is 12.1 Å². The Hall–Kier alpha value is -2.34. The molecule has 3 nitrogen and oxygen atoms in total. The lowest BCUT2D eigenvalue weighted by molar-refractivity contribution is -0.274. The fourth-order valence-corrected chi connectivity index (χ4v) is 0.993. The fraction of sp³-hybridized carbons (Fsp3) is 0.182. The number of rotatable bonds is 1.